The van der Waals surface area contributed by atoms with Gasteiger partial charge >= 0.3 is 0 Å². The Hall–Kier alpha value is -4.22. The molecule has 0 saturated heterocycles. The predicted octanol–water partition coefficient (Wildman–Crippen LogP) is 4.38. The van der Waals surface area contributed by atoms with Gasteiger partial charge in [0.15, 0.2) is 15.5 Å². The number of sulfone groups is 1. The number of nitrogens with zero attached hydrogens (tertiary/aromatic N) is 3. The lowest BCUT2D eigenvalue weighted by Crippen LogP contribution is -2.34. The third-order valence-corrected chi connectivity index (χ3v) is 8.21. The van der Waals surface area contributed by atoms with E-state index in [2.05, 4.69) is 20.9 Å². The molecule has 196 valence electrons. The van der Waals surface area contributed by atoms with E-state index in [4.69, 9.17) is 11.6 Å². The van der Waals surface area contributed by atoms with Gasteiger partial charge in [-0.15, -0.1) is 5.10 Å². The summed E-state index contributed by atoms with van der Waals surface area (Å²) in [6.45, 7) is 3.34. The number of rotatable bonds is 8. The number of aryl methyl sites for hydroxylation is 1. The van der Waals surface area contributed by atoms with Crippen LogP contribution in [0, 0.1) is 6.92 Å². The molecule has 1 heterocycles. The molecule has 10 nitrogen and oxygen atoms in total. The van der Waals surface area contributed by atoms with Crippen molar-refractivity contribution in [1.82, 2.24) is 15.0 Å². The zero-order chi connectivity index (χ0) is 27.4. The first-order valence-electron chi connectivity index (χ1n) is 11.5. The quantitative estimate of drug-likeness (QED) is 0.275. The lowest BCUT2D eigenvalue weighted by molar-refractivity contribution is -0.115. The van der Waals surface area contributed by atoms with Crippen molar-refractivity contribution in [2.24, 2.45) is 0 Å². The molecule has 1 atom stereocenters. The van der Waals surface area contributed by atoms with Crippen molar-refractivity contribution < 1.29 is 23.1 Å². The molecular formula is C26H24ClN5O5S. The SMILES string of the molecule is CCC(C(=O)Nc1cc(O)c(NC(=O)c2cn(-c3ccccc3)nn2)cc1Cl)S(=O)(=O)c1cccc(C)c1. The fourth-order valence-electron chi connectivity index (χ4n) is 3.73. The lowest BCUT2D eigenvalue weighted by Gasteiger charge is -2.17. The standard InChI is InChI=1S/C26H24ClN5O5S/c1-3-24(38(36,37)18-11-7-8-16(2)12-18)26(35)28-20-14-23(33)21(13-19(20)27)29-25(34)22-15-32(31-30-22)17-9-5-4-6-10-17/h4-15,24,33H,3H2,1-2H3,(H,28,35)(H,29,34). The molecule has 0 radical (unpaired) electrons. The summed E-state index contributed by atoms with van der Waals surface area (Å²) in [7, 11) is -3.98. The summed E-state index contributed by atoms with van der Waals surface area (Å²) in [4.78, 5) is 25.7. The third-order valence-electron chi connectivity index (χ3n) is 5.69. The van der Waals surface area contributed by atoms with Crippen molar-refractivity contribution in [2.45, 2.75) is 30.4 Å². The maximum atomic E-state index is 13.1. The maximum absolute atomic E-state index is 13.1. The Morgan fingerprint density at radius 1 is 1.03 bits per heavy atom. The Kier molecular flexibility index (Phi) is 7.79. The van der Waals surface area contributed by atoms with Gasteiger partial charge in [-0.2, -0.15) is 0 Å². The summed E-state index contributed by atoms with van der Waals surface area (Å²) in [5, 5.41) is 21.8. The van der Waals surface area contributed by atoms with Crippen LogP contribution >= 0.6 is 11.6 Å². The molecule has 4 rings (SSSR count). The van der Waals surface area contributed by atoms with Crippen LogP contribution in [-0.4, -0.2) is 45.6 Å². The Morgan fingerprint density at radius 2 is 1.76 bits per heavy atom. The molecule has 0 saturated carbocycles. The van der Waals surface area contributed by atoms with E-state index in [9.17, 15) is 23.1 Å². The van der Waals surface area contributed by atoms with E-state index >= 15 is 0 Å². The van der Waals surface area contributed by atoms with E-state index in [-0.39, 0.29) is 33.4 Å². The van der Waals surface area contributed by atoms with Crippen LogP contribution < -0.4 is 10.6 Å². The highest BCUT2D eigenvalue weighted by atomic mass is 35.5. The monoisotopic (exact) mass is 553 g/mol. The molecule has 1 aromatic heterocycles. The number of anilines is 2. The van der Waals surface area contributed by atoms with Crippen LogP contribution in [0.3, 0.4) is 0 Å². The van der Waals surface area contributed by atoms with Crippen LogP contribution in [0.5, 0.6) is 5.75 Å². The Bertz CT molecular complexity index is 1610. The summed E-state index contributed by atoms with van der Waals surface area (Å²) in [5.41, 5.74) is 1.40. The van der Waals surface area contributed by atoms with Crippen molar-refractivity contribution in [3.8, 4) is 11.4 Å². The fourth-order valence-corrected chi connectivity index (χ4v) is 5.67. The third kappa shape index (κ3) is 5.68. The van der Waals surface area contributed by atoms with Gasteiger partial charge in [-0.25, -0.2) is 13.1 Å². The van der Waals surface area contributed by atoms with Gasteiger partial charge < -0.3 is 15.7 Å². The Morgan fingerprint density at radius 3 is 2.45 bits per heavy atom. The van der Waals surface area contributed by atoms with Crippen molar-refractivity contribution in [3.05, 3.63) is 89.2 Å². The minimum atomic E-state index is -3.98. The van der Waals surface area contributed by atoms with Crippen molar-refractivity contribution in [3.63, 3.8) is 0 Å². The number of nitrogens with one attached hydrogen (secondary N) is 2. The molecule has 0 aliphatic carbocycles. The number of hydrogen-bond donors (Lipinski definition) is 3. The predicted molar refractivity (Wildman–Crippen MR) is 144 cm³/mol. The van der Waals surface area contributed by atoms with Crippen molar-refractivity contribution >= 4 is 44.6 Å². The van der Waals surface area contributed by atoms with Gasteiger partial charge in [0.2, 0.25) is 5.91 Å². The van der Waals surface area contributed by atoms with Crippen LogP contribution in [0.4, 0.5) is 11.4 Å². The second kappa shape index (κ2) is 11.0. The van der Waals surface area contributed by atoms with Gasteiger partial charge in [0.1, 0.15) is 11.0 Å². The van der Waals surface area contributed by atoms with Gasteiger partial charge in [-0.05, 0) is 49.2 Å². The first kappa shape index (κ1) is 26.8. The molecule has 0 bridgehead atoms. The number of benzene rings is 3. The number of carbonyl (C=O) groups is 2. The lowest BCUT2D eigenvalue weighted by atomic mass is 10.2. The summed E-state index contributed by atoms with van der Waals surface area (Å²) in [6.07, 6.45) is 1.45. The summed E-state index contributed by atoms with van der Waals surface area (Å²) in [5.74, 6) is -1.85. The van der Waals surface area contributed by atoms with Gasteiger partial charge in [0, 0.05) is 6.07 Å². The average molecular weight is 554 g/mol. The number of halogens is 1. The van der Waals surface area contributed by atoms with Crippen LogP contribution in [0.15, 0.2) is 77.8 Å². The normalized spacial score (nSPS) is 12.1. The second-order valence-corrected chi connectivity index (χ2v) is 11.0. The topological polar surface area (TPSA) is 143 Å². The number of aromatic hydroxyl groups is 1. The van der Waals surface area contributed by atoms with E-state index in [1.54, 1.807) is 38.1 Å². The highest BCUT2D eigenvalue weighted by Gasteiger charge is 2.33. The molecular weight excluding hydrogens is 530 g/mol. The first-order chi connectivity index (χ1) is 18.1. The summed E-state index contributed by atoms with van der Waals surface area (Å²) >= 11 is 6.30. The minimum absolute atomic E-state index is 0.00565. The molecule has 1 unspecified atom stereocenters. The number of hydrogen-bond acceptors (Lipinski definition) is 7. The van der Waals surface area contributed by atoms with Gasteiger partial charge in [0.05, 0.1) is 33.2 Å². The molecule has 38 heavy (non-hydrogen) atoms. The molecule has 0 spiro atoms. The smallest absolute Gasteiger partial charge is 0.277 e. The largest absolute Gasteiger partial charge is 0.506 e. The van der Waals surface area contributed by atoms with E-state index in [0.717, 1.165) is 11.6 Å². The van der Waals surface area contributed by atoms with Crippen LogP contribution in [0.25, 0.3) is 5.69 Å². The molecule has 0 fully saturated rings. The van der Waals surface area contributed by atoms with E-state index in [1.807, 2.05) is 18.2 Å². The summed E-state index contributed by atoms with van der Waals surface area (Å²) < 4.78 is 27.6. The number of amides is 2. The molecule has 4 aromatic rings. The fraction of sp³-hybridized carbons (Fsp3) is 0.154. The molecule has 3 N–H and O–H groups in total. The maximum Gasteiger partial charge on any atom is 0.277 e. The van der Waals surface area contributed by atoms with E-state index in [0.29, 0.717) is 5.69 Å². The average Bonchev–Trinajstić information content (AvgIpc) is 3.38. The number of phenols is 1. The van der Waals surface area contributed by atoms with Gasteiger partial charge in [0.25, 0.3) is 5.91 Å². The van der Waals surface area contributed by atoms with Crippen molar-refractivity contribution in [1.29, 1.82) is 0 Å². The number of aromatic nitrogens is 3. The van der Waals surface area contributed by atoms with E-state index in [1.165, 1.54) is 29.1 Å². The Balaban J connectivity index is 1.50. The van der Waals surface area contributed by atoms with E-state index < -0.39 is 32.7 Å². The number of para-hydroxylation sites is 1. The number of phenolic OH excluding ortho intramolecular Hbond substituents is 1. The van der Waals surface area contributed by atoms with Crippen LogP contribution in [-0.2, 0) is 14.6 Å². The molecule has 3 aromatic carbocycles. The highest BCUT2D eigenvalue weighted by molar-refractivity contribution is 7.92. The minimum Gasteiger partial charge on any atom is -0.506 e. The Labute approximate surface area is 224 Å². The number of carbonyl (C=O) groups excluding carboxylic acids is 2. The van der Waals surface area contributed by atoms with Crippen LogP contribution in [0.2, 0.25) is 5.02 Å². The van der Waals surface area contributed by atoms with Gasteiger partial charge in [-0.1, -0.05) is 54.1 Å². The molecule has 0 aliphatic rings. The zero-order valence-corrected chi connectivity index (χ0v) is 22.0. The van der Waals surface area contributed by atoms with Crippen LogP contribution in [0.1, 0.15) is 29.4 Å². The summed E-state index contributed by atoms with van der Waals surface area (Å²) in [6, 6.07) is 17.7. The zero-order valence-electron chi connectivity index (χ0n) is 20.4. The van der Waals surface area contributed by atoms with Gasteiger partial charge in [-0.3, -0.25) is 9.59 Å². The molecule has 2 amide bonds. The molecule has 0 aliphatic heterocycles. The second-order valence-electron chi connectivity index (χ2n) is 8.43. The molecule has 12 heteroatoms. The highest BCUT2D eigenvalue weighted by Crippen LogP contribution is 2.34. The van der Waals surface area contributed by atoms with Crippen molar-refractivity contribution in [2.75, 3.05) is 10.6 Å². The first-order valence-corrected chi connectivity index (χ1v) is 13.5.